The van der Waals surface area contributed by atoms with Gasteiger partial charge in [-0.15, -0.1) is 0 Å². The van der Waals surface area contributed by atoms with Crippen molar-refractivity contribution >= 4 is 28.4 Å². The fraction of sp³-hybridized carbons (Fsp3) is 0.0500. The van der Waals surface area contributed by atoms with Crippen LogP contribution in [0.1, 0.15) is 0 Å². The fourth-order valence-electron chi connectivity index (χ4n) is 2.88. The van der Waals surface area contributed by atoms with Gasteiger partial charge in [0.05, 0.1) is 23.9 Å². The van der Waals surface area contributed by atoms with Crippen LogP contribution in [0, 0.1) is 0 Å². The maximum Gasteiger partial charge on any atom is 0.258 e. The molecule has 0 bridgehead atoms. The summed E-state index contributed by atoms with van der Waals surface area (Å²) in [6.45, 7) is 0. The molecule has 0 saturated carbocycles. The number of methoxy groups -OCH3 is 1. The first kappa shape index (κ1) is 16.6. The summed E-state index contributed by atoms with van der Waals surface area (Å²) in [6.07, 6.45) is 1.61. The Bertz CT molecular complexity index is 1170. The lowest BCUT2D eigenvalue weighted by Gasteiger charge is -2.13. The van der Waals surface area contributed by atoms with Crippen molar-refractivity contribution < 1.29 is 4.74 Å². The Balaban J connectivity index is 1.90. The number of hydrogen-bond donors (Lipinski definition) is 2. The van der Waals surface area contributed by atoms with E-state index in [-0.39, 0.29) is 5.56 Å². The highest BCUT2D eigenvalue weighted by atomic mass is 16.5. The lowest BCUT2D eigenvalue weighted by Crippen LogP contribution is -2.20. The predicted octanol–water partition coefficient (Wildman–Crippen LogP) is 3.12. The second-order valence-electron chi connectivity index (χ2n) is 5.87. The molecule has 0 spiro atoms. The normalized spacial score (nSPS) is 10.7. The molecule has 7 heteroatoms. The van der Waals surface area contributed by atoms with Crippen molar-refractivity contribution in [3.8, 4) is 11.4 Å². The number of nitrogen functional groups attached to an aromatic ring is 1. The van der Waals surface area contributed by atoms with Gasteiger partial charge in [0.15, 0.2) is 5.65 Å². The first-order chi connectivity index (χ1) is 13.2. The zero-order chi connectivity index (χ0) is 18.8. The van der Waals surface area contributed by atoms with Gasteiger partial charge in [0.2, 0.25) is 5.95 Å². The molecule has 4 rings (SSSR count). The maximum atomic E-state index is 12.6. The Morgan fingerprint density at radius 3 is 2.59 bits per heavy atom. The molecule has 0 fully saturated rings. The lowest BCUT2D eigenvalue weighted by molar-refractivity contribution is 0.417. The smallest absolute Gasteiger partial charge is 0.258 e. The molecule has 0 saturated heterocycles. The molecule has 7 nitrogen and oxygen atoms in total. The van der Waals surface area contributed by atoms with Crippen LogP contribution in [0.25, 0.3) is 16.7 Å². The summed E-state index contributed by atoms with van der Waals surface area (Å²) in [6, 6.07) is 18.1. The number of aromatic nitrogens is 3. The van der Waals surface area contributed by atoms with Crippen LogP contribution in [-0.2, 0) is 0 Å². The molecule has 0 aliphatic rings. The van der Waals surface area contributed by atoms with Crippen LogP contribution >= 0.6 is 0 Å². The number of para-hydroxylation sites is 3. The van der Waals surface area contributed by atoms with E-state index in [9.17, 15) is 4.79 Å². The van der Waals surface area contributed by atoms with Crippen LogP contribution in [0.15, 0.2) is 71.7 Å². The van der Waals surface area contributed by atoms with E-state index in [0.29, 0.717) is 34.1 Å². The summed E-state index contributed by atoms with van der Waals surface area (Å²) >= 11 is 0. The Hall–Kier alpha value is -3.87. The first-order valence-corrected chi connectivity index (χ1v) is 8.31. The van der Waals surface area contributed by atoms with Crippen molar-refractivity contribution in [2.75, 3.05) is 18.2 Å². The van der Waals surface area contributed by atoms with Gasteiger partial charge in [-0.2, -0.15) is 4.98 Å². The maximum absolute atomic E-state index is 12.6. The van der Waals surface area contributed by atoms with Crippen LogP contribution in [0.5, 0.6) is 5.75 Å². The number of rotatable bonds is 4. The topological polar surface area (TPSA) is 95.1 Å². The number of pyridine rings is 1. The molecule has 0 unspecified atom stereocenters. The van der Waals surface area contributed by atoms with E-state index < -0.39 is 0 Å². The van der Waals surface area contributed by atoms with Crippen molar-refractivity contribution in [3.05, 3.63) is 77.2 Å². The third-order valence-corrected chi connectivity index (χ3v) is 4.16. The zero-order valence-corrected chi connectivity index (χ0v) is 14.6. The molecule has 0 radical (unpaired) electrons. The summed E-state index contributed by atoms with van der Waals surface area (Å²) < 4.78 is 6.86. The van der Waals surface area contributed by atoms with E-state index in [1.807, 2.05) is 54.6 Å². The summed E-state index contributed by atoms with van der Waals surface area (Å²) in [5, 5.41) is 3.73. The van der Waals surface area contributed by atoms with Gasteiger partial charge in [0.25, 0.3) is 5.56 Å². The van der Waals surface area contributed by atoms with E-state index in [4.69, 9.17) is 10.5 Å². The van der Waals surface area contributed by atoms with Crippen molar-refractivity contribution in [1.82, 2.24) is 14.5 Å². The Morgan fingerprint density at radius 2 is 1.81 bits per heavy atom. The number of anilines is 3. The average Bonchev–Trinajstić information content (AvgIpc) is 2.69. The van der Waals surface area contributed by atoms with Gasteiger partial charge in [-0.05, 0) is 24.3 Å². The van der Waals surface area contributed by atoms with E-state index in [2.05, 4.69) is 15.3 Å². The van der Waals surface area contributed by atoms with Gasteiger partial charge in [0, 0.05) is 18.0 Å². The van der Waals surface area contributed by atoms with Crippen molar-refractivity contribution in [1.29, 1.82) is 0 Å². The molecule has 27 heavy (non-hydrogen) atoms. The van der Waals surface area contributed by atoms with Crippen molar-refractivity contribution in [3.63, 3.8) is 0 Å². The quantitative estimate of drug-likeness (QED) is 0.581. The van der Waals surface area contributed by atoms with E-state index in [1.165, 1.54) is 10.6 Å². The summed E-state index contributed by atoms with van der Waals surface area (Å²) in [5.41, 5.74) is 7.95. The fourth-order valence-corrected chi connectivity index (χ4v) is 2.88. The molecule has 0 amide bonds. The van der Waals surface area contributed by atoms with Crippen molar-refractivity contribution in [2.24, 2.45) is 0 Å². The summed E-state index contributed by atoms with van der Waals surface area (Å²) in [4.78, 5) is 21.5. The Labute approximate surface area is 155 Å². The second kappa shape index (κ2) is 6.80. The number of nitrogens with one attached hydrogen (secondary N) is 1. The van der Waals surface area contributed by atoms with Gasteiger partial charge in [0.1, 0.15) is 5.75 Å². The van der Waals surface area contributed by atoms with Crippen LogP contribution in [0.3, 0.4) is 0 Å². The van der Waals surface area contributed by atoms with Crippen LogP contribution in [0.2, 0.25) is 0 Å². The monoisotopic (exact) mass is 359 g/mol. The summed E-state index contributed by atoms with van der Waals surface area (Å²) in [7, 11) is 1.59. The Morgan fingerprint density at radius 1 is 1.07 bits per heavy atom. The van der Waals surface area contributed by atoms with Crippen LogP contribution < -0.4 is 21.3 Å². The first-order valence-electron chi connectivity index (χ1n) is 8.31. The van der Waals surface area contributed by atoms with Gasteiger partial charge in [-0.25, -0.2) is 4.98 Å². The number of nitrogens with two attached hydrogens (primary N) is 1. The van der Waals surface area contributed by atoms with E-state index in [1.54, 1.807) is 13.3 Å². The molecule has 0 atom stereocenters. The van der Waals surface area contributed by atoms with Crippen molar-refractivity contribution in [2.45, 2.75) is 0 Å². The molecular formula is C20H17N5O2. The number of benzene rings is 2. The van der Waals surface area contributed by atoms with Gasteiger partial charge >= 0.3 is 0 Å². The minimum atomic E-state index is -0.256. The SMILES string of the molecule is COc1ccccc1Nc1ncc2c(N)cc(=O)n(-c3ccccc3)c2n1. The van der Waals surface area contributed by atoms with Gasteiger partial charge < -0.3 is 15.8 Å². The molecule has 134 valence electrons. The minimum absolute atomic E-state index is 0.256. The standard InChI is InChI=1S/C20H17N5O2/c1-27-17-10-6-5-9-16(17)23-20-22-12-14-15(21)11-18(26)25(19(14)24-20)13-7-3-2-4-8-13/h2-12H,21H2,1H3,(H,22,23,24). The third-order valence-electron chi connectivity index (χ3n) is 4.16. The molecule has 4 aromatic rings. The number of fused-ring (bicyclic) bond motifs is 1. The Kier molecular flexibility index (Phi) is 4.18. The minimum Gasteiger partial charge on any atom is -0.495 e. The van der Waals surface area contributed by atoms with E-state index in [0.717, 1.165) is 5.69 Å². The molecule has 0 aliphatic carbocycles. The number of ether oxygens (including phenoxy) is 1. The van der Waals surface area contributed by atoms with Crippen LogP contribution in [0.4, 0.5) is 17.3 Å². The number of nitrogens with zero attached hydrogens (tertiary/aromatic N) is 3. The molecule has 0 aliphatic heterocycles. The highest BCUT2D eigenvalue weighted by Gasteiger charge is 2.12. The highest BCUT2D eigenvalue weighted by Crippen LogP contribution is 2.27. The van der Waals surface area contributed by atoms with Gasteiger partial charge in [-0.3, -0.25) is 9.36 Å². The largest absolute Gasteiger partial charge is 0.495 e. The van der Waals surface area contributed by atoms with E-state index >= 15 is 0 Å². The average molecular weight is 359 g/mol. The number of hydrogen-bond acceptors (Lipinski definition) is 6. The zero-order valence-electron chi connectivity index (χ0n) is 14.6. The highest BCUT2D eigenvalue weighted by molar-refractivity contribution is 5.88. The molecule has 3 N–H and O–H groups in total. The molecular weight excluding hydrogens is 342 g/mol. The predicted molar refractivity (Wildman–Crippen MR) is 106 cm³/mol. The third kappa shape index (κ3) is 3.06. The summed E-state index contributed by atoms with van der Waals surface area (Å²) in [5.74, 6) is 0.996. The lowest BCUT2D eigenvalue weighted by atomic mass is 10.2. The molecule has 2 aromatic heterocycles. The molecule has 2 aromatic carbocycles. The molecule has 2 heterocycles. The van der Waals surface area contributed by atoms with Gasteiger partial charge in [-0.1, -0.05) is 30.3 Å². The second-order valence-corrected chi connectivity index (χ2v) is 5.87. The van der Waals surface area contributed by atoms with Crippen LogP contribution in [-0.4, -0.2) is 21.6 Å².